The van der Waals surface area contributed by atoms with Crippen molar-refractivity contribution in [3.8, 4) is 0 Å². The second-order valence-electron chi connectivity index (χ2n) is 3.80. The van der Waals surface area contributed by atoms with Crippen molar-refractivity contribution >= 4 is 11.6 Å². The highest BCUT2D eigenvalue weighted by molar-refractivity contribution is 6.28. The topological polar surface area (TPSA) is 45.8 Å². The van der Waals surface area contributed by atoms with E-state index in [1.807, 2.05) is 0 Å². The predicted molar refractivity (Wildman–Crippen MR) is 55.7 cm³/mol. The van der Waals surface area contributed by atoms with E-state index in [1.165, 1.54) is 19.3 Å². The molecule has 0 radical (unpaired) electrons. The van der Waals surface area contributed by atoms with Crippen molar-refractivity contribution in [2.45, 2.75) is 38.0 Å². The number of H-pyrrole nitrogens is 1. The second-order valence-corrected chi connectivity index (χ2v) is 4.15. The molecule has 76 valence electrons. The Kier molecular flexibility index (Phi) is 2.87. The van der Waals surface area contributed by atoms with E-state index in [9.17, 15) is 4.79 Å². The molecule has 0 unspecified atom stereocenters. The summed E-state index contributed by atoms with van der Waals surface area (Å²) >= 11 is 5.70. The van der Waals surface area contributed by atoms with Gasteiger partial charge in [-0.05, 0) is 24.4 Å². The molecule has 0 spiro atoms. The van der Waals surface area contributed by atoms with Crippen LogP contribution in [0.2, 0.25) is 5.28 Å². The van der Waals surface area contributed by atoms with Crippen molar-refractivity contribution in [3.63, 3.8) is 0 Å². The summed E-state index contributed by atoms with van der Waals surface area (Å²) in [5, 5.41) is 0.207. The van der Waals surface area contributed by atoms with Gasteiger partial charge in [0.25, 0.3) is 5.56 Å². The molecule has 1 aromatic heterocycles. The Labute approximate surface area is 87.5 Å². The Balaban J connectivity index is 2.26. The van der Waals surface area contributed by atoms with Crippen LogP contribution >= 0.6 is 11.6 Å². The third kappa shape index (κ3) is 2.15. The van der Waals surface area contributed by atoms with E-state index < -0.39 is 0 Å². The zero-order valence-corrected chi connectivity index (χ0v) is 8.68. The maximum atomic E-state index is 11.2. The lowest BCUT2D eigenvalue weighted by atomic mass is 9.87. The van der Waals surface area contributed by atoms with E-state index in [0.29, 0.717) is 5.92 Å². The molecule has 4 heteroatoms. The Morgan fingerprint density at radius 3 is 2.71 bits per heavy atom. The zero-order valence-electron chi connectivity index (χ0n) is 7.92. The molecule has 1 N–H and O–H groups in total. The summed E-state index contributed by atoms with van der Waals surface area (Å²) in [6, 6.07) is 1.57. The van der Waals surface area contributed by atoms with Gasteiger partial charge in [0.05, 0.1) is 5.69 Å². The third-order valence-corrected chi connectivity index (χ3v) is 2.94. The number of nitrogens with one attached hydrogen (secondary N) is 1. The van der Waals surface area contributed by atoms with Crippen LogP contribution in [0.15, 0.2) is 10.9 Å². The Bertz CT molecular complexity index is 369. The number of rotatable bonds is 1. The molecule has 3 nitrogen and oxygen atoms in total. The van der Waals surface area contributed by atoms with Gasteiger partial charge in [-0.2, -0.15) is 0 Å². The first-order chi connectivity index (χ1) is 6.75. The van der Waals surface area contributed by atoms with Gasteiger partial charge >= 0.3 is 0 Å². The minimum absolute atomic E-state index is 0.148. The summed E-state index contributed by atoms with van der Waals surface area (Å²) in [5.74, 6) is 0.434. The summed E-state index contributed by atoms with van der Waals surface area (Å²) in [4.78, 5) is 17.8. The first-order valence-electron chi connectivity index (χ1n) is 5.02. The average molecular weight is 213 g/mol. The lowest BCUT2D eigenvalue weighted by molar-refractivity contribution is 0.436. The molecule has 1 aliphatic carbocycles. The van der Waals surface area contributed by atoms with Crippen LogP contribution in [-0.4, -0.2) is 9.97 Å². The van der Waals surface area contributed by atoms with Crippen molar-refractivity contribution in [2.24, 2.45) is 0 Å². The molecular formula is C10H13ClN2O. The van der Waals surface area contributed by atoms with E-state index >= 15 is 0 Å². The van der Waals surface area contributed by atoms with Crippen molar-refractivity contribution in [1.82, 2.24) is 9.97 Å². The first-order valence-corrected chi connectivity index (χ1v) is 5.40. The second kappa shape index (κ2) is 4.13. The maximum absolute atomic E-state index is 11.2. The molecule has 1 fully saturated rings. The quantitative estimate of drug-likeness (QED) is 0.727. The van der Waals surface area contributed by atoms with Gasteiger partial charge < -0.3 is 0 Å². The van der Waals surface area contributed by atoms with Gasteiger partial charge in [0, 0.05) is 12.0 Å². The Morgan fingerprint density at radius 1 is 1.36 bits per heavy atom. The monoisotopic (exact) mass is 212 g/mol. The number of nitrogens with zero attached hydrogens (tertiary/aromatic N) is 1. The van der Waals surface area contributed by atoms with Crippen LogP contribution in [0.5, 0.6) is 0 Å². The molecule has 1 aliphatic rings. The fourth-order valence-electron chi connectivity index (χ4n) is 2.05. The average Bonchev–Trinajstić information content (AvgIpc) is 2.18. The minimum atomic E-state index is -0.148. The highest BCUT2D eigenvalue weighted by Crippen LogP contribution is 2.30. The minimum Gasteiger partial charge on any atom is -0.297 e. The third-order valence-electron chi connectivity index (χ3n) is 2.76. The van der Waals surface area contributed by atoms with Crippen LogP contribution in [0.1, 0.15) is 43.7 Å². The predicted octanol–water partition coefficient (Wildman–Crippen LogP) is 2.47. The van der Waals surface area contributed by atoms with Crippen LogP contribution in [-0.2, 0) is 0 Å². The molecule has 0 bridgehead atoms. The smallest absolute Gasteiger partial charge is 0.252 e. The summed E-state index contributed by atoms with van der Waals surface area (Å²) < 4.78 is 0. The highest BCUT2D eigenvalue weighted by Gasteiger charge is 2.17. The van der Waals surface area contributed by atoms with Crippen LogP contribution < -0.4 is 5.56 Å². The summed E-state index contributed by atoms with van der Waals surface area (Å²) in [7, 11) is 0. The summed E-state index contributed by atoms with van der Waals surface area (Å²) in [6.45, 7) is 0. The molecule has 1 heterocycles. The van der Waals surface area contributed by atoms with Gasteiger partial charge in [-0.25, -0.2) is 4.98 Å². The van der Waals surface area contributed by atoms with Gasteiger partial charge in [-0.1, -0.05) is 19.3 Å². The number of hydrogen-bond donors (Lipinski definition) is 1. The molecule has 0 aliphatic heterocycles. The highest BCUT2D eigenvalue weighted by atomic mass is 35.5. The van der Waals surface area contributed by atoms with Gasteiger partial charge in [0.2, 0.25) is 5.28 Å². The molecule has 1 saturated carbocycles. The van der Waals surface area contributed by atoms with Crippen LogP contribution in [0, 0.1) is 0 Å². The van der Waals surface area contributed by atoms with Crippen LogP contribution in [0.25, 0.3) is 0 Å². The zero-order chi connectivity index (χ0) is 9.97. The maximum Gasteiger partial charge on any atom is 0.252 e. The Morgan fingerprint density at radius 2 is 2.07 bits per heavy atom. The number of aromatic amines is 1. The SMILES string of the molecule is O=c1cc(C2CCCCC2)nc(Cl)[nH]1. The summed E-state index contributed by atoms with van der Waals surface area (Å²) in [5.41, 5.74) is 0.712. The van der Waals surface area contributed by atoms with Gasteiger partial charge in [0.1, 0.15) is 0 Å². The van der Waals surface area contributed by atoms with Crippen molar-refractivity contribution in [3.05, 3.63) is 27.4 Å². The van der Waals surface area contributed by atoms with Gasteiger partial charge in [-0.3, -0.25) is 9.78 Å². The fourth-order valence-corrected chi connectivity index (χ4v) is 2.24. The van der Waals surface area contributed by atoms with E-state index in [-0.39, 0.29) is 10.8 Å². The first kappa shape index (κ1) is 9.71. The summed E-state index contributed by atoms with van der Waals surface area (Å²) in [6.07, 6.45) is 6.03. The molecular weight excluding hydrogens is 200 g/mol. The van der Waals surface area contributed by atoms with Gasteiger partial charge in [0.15, 0.2) is 0 Å². The van der Waals surface area contributed by atoms with E-state index in [2.05, 4.69) is 9.97 Å². The molecule has 0 atom stereocenters. The molecule has 0 amide bonds. The van der Waals surface area contributed by atoms with Crippen molar-refractivity contribution in [2.75, 3.05) is 0 Å². The Hall–Kier alpha value is -0.830. The standard InChI is InChI=1S/C10H13ClN2O/c11-10-12-8(6-9(14)13-10)7-4-2-1-3-5-7/h6-7H,1-5H2,(H,12,13,14). The molecule has 2 rings (SSSR count). The number of hydrogen-bond acceptors (Lipinski definition) is 2. The van der Waals surface area contributed by atoms with Crippen LogP contribution in [0.4, 0.5) is 0 Å². The largest absolute Gasteiger partial charge is 0.297 e. The number of halogens is 1. The molecule has 0 aromatic carbocycles. The molecule has 14 heavy (non-hydrogen) atoms. The fraction of sp³-hybridized carbons (Fsp3) is 0.600. The number of aromatic nitrogens is 2. The van der Waals surface area contributed by atoms with E-state index in [0.717, 1.165) is 18.5 Å². The normalized spacial score (nSPS) is 18.4. The molecule has 0 saturated heterocycles. The lowest BCUT2D eigenvalue weighted by Crippen LogP contribution is -2.13. The molecule has 1 aromatic rings. The van der Waals surface area contributed by atoms with Crippen LogP contribution in [0.3, 0.4) is 0 Å². The van der Waals surface area contributed by atoms with Crippen molar-refractivity contribution < 1.29 is 0 Å². The van der Waals surface area contributed by atoms with Gasteiger partial charge in [-0.15, -0.1) is 0 Å². The van der Waals surface area contributed by atoms with E-state index in [4.69, 9.17) is 11.6 Å². The van der Waals surface area contributed by atoms with E-state index in [1.54, 1.807) is 6.07 Å². The van der Waals surface area contributed by atoms with Crippen molar-refractivity contribution in [1.29, 1.82) is 0 Å². The lowest BCUT2D eigenvalue weighted by Gasteiger charge is -2.20.